The van der Waals surface area contributed by atoms with Crippen LogP contribution in [0.15, 0.2) is 29.4 Å². The molecule has 0 bridgehead atoms. The number of carbonyl (C=O) groups excluding carboxylic acids is 1. The molecule has 1 saturated heterocycles. The number of nitrogens with zero attached hydrogens (tertiary/aromatic N) is 2. The van der Waals surface area contributed by atoms with E-state index >= 15 is 0 Å². The highest BCUT2D eigenvalue weighted by molar-refractivity contribution is 6.30. The van der Waals surface area contributed by atoms with Crippen LogP contribution in [-0.2, 0) is 4.79 Å². The average Bonchev–Trinajstić information content (AvgIpc) is 2.70. The predicted octanol–water partition coefficient (Wildman–Crippen LogP) is 2.67. The van der Waals surface area contributed by atoms with Crippen LogP contribution >= 0.6 is 11.6 Å². The first-order chi connectivity index (χ1) is 9.74. The third kappa shape index (κ3) is 5.31. The van der Waals surface area contributed by atoms with Crippen LogP contribution in [0.25, 0.3) is 0 Å². The second-order valence-corrected chi connectivity index (χ2v) is 5.47. The SMILES string of the molecule is O=C(CN1CCCCCC1)N/N=C\c1ccc(Cl)cc1. The smallest absolute Gasteiger partial charge is 0.254 e. The normalized spacial score (nSPS) is 17.1. The summed E-state index contributed by atoms with van der Waals surface area (Å²) >= 11 is 5.80. The molecule has 1 aromatic rings. The second-order valence-electron chi connectivity index (χ2n) is 5.04. The molecular formula is C15H20ClN3O. The first kappa shape index (κ1) is 15.0. The van der Waals surface area contributed by atoms with Crippen molar-refractivity contribution in [2.75, 3.05) is 19.6 Å². The van der Waals surface area contributed by atoms with E-state index in [0.717, 1.165) is 18.7 Å². The van der Waals surface area contributed by atoms with E-state index < -0.39 is 0 Å². The molecule has 0 atom stereocenters. The zero-order chi connectivity index (χ0) is 14.2. The van der Waals surface area contributed by atoms with Crippen LogP contribution in [0.1, 0.15) is 31.2 Å². The van der Waals surface area contributed by atoms with E-state index in [-0.39, 0.29) is 5.91 Å². The Hall–Kier alpha value is -1.39. The van der Waals surface area contributed by atoms with Gasteiger partial charge in [-0.1, -0.05) is 36.6 Å². The summed E-state index contributed by atoms with van der Waals surface area (Å²) in [6.45, 7) is 2.45. The molecule has 0 aliphatic carbocycles. The van der Waals surface area contributed by atoms with Crippen molar-refractivity contribution in [1.29, 1.82) is 0 Å². The van der Waals surface area contributed by atoms with Crippen molar-refractivity contribution in [2.45, 2.75) is 25.7 Å². The number of hydrazone groups is 1. The van der Waals surface area contributed by atoms with Crippen molar-refractivity contribution in [3.63, 3.8) is 0 Å². The number of halogens is 1. The Morgan fingerprint density at radius 3 is 2.50 bits per heavy atom. The molecule has 1 aliphatic heterocycles. The highest BCUT2D eigenvalue weighted by Gasteiger charge is 2.12. The number of nitrogens with one attached hydrogen (secondary N) is 1. The summed E-state index contributed by atoms with van der Waals surface area (Å²) in [4.78, 5) is 14.0. The largest absolute Gasteiger partial charge is 0.294 e. The van der Waals surface area contributed by atoms with Gasteiger partial charge in [-0.15, -0.1) is 0 Å². The minimum Gasteiger partial charge on any atom is -0.294 e. The van der Waals surface area contributed by atoms with Gasteiger partial charge in [0, 0.05) is 5.02 Å². The maximum absolute atomic E-state index is 11.8. The van der Waals surface area contributed by atoms with Crippen LogP contribution in [0.2, 0.25) is 5.02 Å². The fourth-order valence-electron chi connectivity index (χ4n) is 2.26. The third-order valence-corrected chi connectivity index (χ3v) is 3.59. The standard InChI is InChI=1S/C15H20ClN3O/c16-14-7-5-13(6-8-14)11-17-18-15(20)12-19-9-3-1-2-4-10-19/h5-8,11H,1-4,9-10,12H2,(H,18,20)/b17-11-. The van der Waals surface area contributed by atoms with Crippen molar-refractivity contribution in [2.24, 2.45) is 5.10 Å². The van der Waals surface area contributed by atoms with Crippen molar-refractivity contribution < 1.29 is 4.79 Å². The minimum atomic E-state index is -0.0582. The molecular weight excluding hydrogens is 274 g/mol. The predicted molar refractivity (Wildman–Crippen MR) is 82.1 cm³/mol. The average molecular weight is 294 g/mol. The van der Waals surface area contributed by atoms with Crippen molar-refractivity contribution >= 4 is 23.7 Å². The number of hydrogen-bond donors (Lipinski definition) is 1. The molecule has 20 heavy (non-hydrogen) atoms. The number of amides is 1. The highest BCUT2D eigenvalue weighted by atomic mass is 35.5. The van der Waals surface area contributed by atoms with Gasteiger partial charge in [-0.3, -0.25) is 9.69 Å². The van der Waals surface area contributed by atoms with Gasteiger partial charge in [-0.05, 0) is 43.6 Å². The molecule has 1 aromatic carbocycles. The summed E-state index contributed by atoms with van der Waals surface area (Å²) in [5.74, 6) is -0.0582. The molecule has 2 rings (SSSR count). The Morgan fingerprint density at radius 1 is 1.20 bits per heavy atom. The van der Waals surface area contributed by atoms with Crippen LogP contribution in [-0.4, -0.2) is 36.7 Å². The zero-order valence-electron chi connectivity index (χ0n) is 11.5. The molecule has 0 radical (unpaired) electrons. The monoisotopic (exact) mass is 293 g/mol. The van der Waals surface area contributed by atoms with E-state index in [1.165, 1.54) is 25.7 Å². The molecule has 0 aromatic heterocycles. The topological polar surface area (TPSA) is 44.7 Å². The van der Waals surface area contributed by atoms with E-state index in [9.17, 15) is 4.79 Å². The summed E-state index contributed by atoms with van der Waals surface area (Å²) < 4.78 is 0. The van der Waals surface area contributed by atoms with Gasteiger partial charge in [-0.25, -0.2) is 5.43 Å². The molecule has 0 saturated carbocycles. The van der Waals surface area contributed by atoms with Gasteiger partial charge in [0.15, 0.2) is 0 Å². The number of likely N-dealkylation sites (tertiary alicyclic amines) is 1. The molecule has 0 unspecified atom stereocenters. The Labute approximate surface area is 124 Å². The van der Waals surface area contributed by atoms with Gasteiger partial charge in [0.25, 0.3) is 5.91 Å². The lowest BCUT2D eigenvalue weighted by Gasteiger charge is -2.17. The highest BCUT2D eigenvalue weighted by Crippen LogP contribution is 2.09. The van der Waals surface area contributed by atoms with Crippen LogP contribution < -0.4 is 5.43 Å². The molecule has 1 N–H and O–H groups in total. The number of rotatable bonds is 4. The Kier molecular flexibility index (Phi) is 6.02. The second kappa shape index (κ2) is 8.02. The Bertz CT molecular complexity index is 451. The lowest BCUT2D eigenvalue weighted by molar-refractivity contribution is -0.122. The fraction of sp³-hybridized carbons (Fsp3) is 0.467. The first-order valence-electron chi connectivity index (χ1n) is 7.04. The quantitative estimate of drug-likeness (QED) is 0.685. The van der Waals surface area contributed by atoms with Crippen molar-refractivity contribution in [3.05, 3.63) is 34.9 Å². The summed E-state index contributed by atoms with van der Waals surface area (Å²) in [5.41, 5.74) is 3.48. The van der Waals surface area contributed by atoms with Gasteiger partial charge in [-0.2, -0.15) is 5.10 Å². The number of carbonyl (C=O) groups is 1. The molecule has 1 fully saturated rings. The van der Waals surface area contributed by atoms with Gasteiger partial charge in [0.1, 0.15) is 0 Å². The lowest BCUT2D eigenvalue weighted by atomic mass is 10.2. The van der Waals surface area contributed by atoms with Crippen molar-refractivity contribution in [3.8, 4) is 0 Å². The van der Waals surface area contributed by atoms with Gasteiger partial charge in [0.05, 0.1) is 12.8 Å². The van der Waals surface area contributed by atoms with E-state index in [0.29, 0.717) is 11.6 Å². The maximum atomic E-state index is 11.8. The molecule has 4 nitrogen and oxygen atoms in total. The minimum absolute atomic E-state index is 0.0582. The van der Waals surface area contributed by atoms with E-state index in [1.807, 2.05) is 12.1 Å². The van der Waals surface area contributed by atoms with Gasteiger partial charge < -0.3 is 0 Å². The summed E-state index contributed by atoms with van der Waals surface area (Å²) in [5, 5.41) is 4.65. The van der Waals surface area contributed by atoms with Crippen LogP contribution in [0.3, 0.4) is 0 Å². The molecule has 1 amide bonds. The number of hydrogen-bond acceptors (Lipinski definition) is 3. The molecule has 108 valence electrons. The molecule has 0 spiro atoms. The first-order valence-corrected chi connectivity index (χ1v) is 7.42. The zero-order valence-corrected chi connectivity index (χ0v) is 12.3. The van der Waals surface area contributed by atoms with Gasteiger partial charge in [0.2, 0.25) is 0 Å². The molecule has 5 heteroatoms. The Balaban J connectivity index is 1.75. The maximum Gasteiger partial charge on any atom is 0.254 e. The van der Waals surface area contributed by atoms with Crippen LogP contribution in [0, 0.1) is 0 Å². The van der Waals surface area contributed by atoms with Crippen molar-refractivity contribution in [1.82, 2.24) is 10.3 Å². The third-order valence-electron chi connectivity index (χ3n) is 3.34. The summed E-state index contributed by atoms with van der Waals surface area (Å²) in [7, 11) is 0. The van der Waals surface area contributed by atoms with E-state index in [4.69, 9.17) is 11.6 Å². The van der Waals surface area contributed by atoms with E-state index in [1.54, 1.807) is 18.3 Å². The van der Waals surface area contributed by atoms with Crippen LogP contribution in [0.5, 0.6) is 0 Å². The Morgan fingerprint density at radius 2 is 1.85 bits per heavy atom. The summed E-state index contributed by atoms with van der Waals surface area (Å²) in [6.07, 6.45) is 6.53. The van der Waals surface area contributed by atoms with E-state index in [2.05, 4.69) is 15.4 Å². The van der Waals surface area contributed by atoms with Gasteiger partial charge >= 0.3 is 0 Å². The lowest BCUT2D eigenvalue weighted by Crippen LogP contribution is -2.35. The fourth-order valence-corrected chi connectivity index (χ4v) is 2.39. The van der Waals surface area contributed by atoms with Crippen LogP contribution in [0.4, 0.5) is 0 Å². The molecule has 1 aliphatic rings. The molecule has 1 heterocycles. The number of benzene rings is 1. The summed E-state index contributed by atoms with van der Waals surface area (Å²) in [6, 6.07) is 7.30.